The molecule has 0 amide bonds. The predicted molar refractivity (Wildman–Crippen MR) is 91.5 cm³/mol. The van der Waals surface area contributed by atoms with E-state index in [-0.39, 0.29) is 6.04 Å². The van der Waals surface area contributed by atoms with Gasteiger partial charge in [0.25, 0.3) is 0 Å². The first-order chi connectivity index (χ1) is 11.7. The summed E-state index contributed by atoms with van der Waals surface area (Å²) in [5, 5.41) is 4.14. The van der Waals surface area contributed by atoms with E-state index in [1.807, 2.05) is 12.1 Å². The van der Waals surface area contributed by atoms with Gasteiger partial charge >= 0.3 is 0 Å². The Labute approximate surface area is 142 Å². The first-order valence-corrected chi connectivity index (χ1v) is 8.71. The van der Waals surface area contributed by atoms with Gasteiger partial charge in [0.1, 0.15) is 5.75 Å². The number of hydrogen-bond donors (Lipinski definition) is 0. The lowest BCUT2D eigenvalue weighted by Crippen LogP contribution is -2.47. The second-order valence-corrected chi connectivity index (χ2v) is 6.67. The summed E-state index contributed by atoms with van der Waals surface area (Å²) < 4.78 is 10.8. The van der Waals surface area contributed by atoms with Gasteiger partial charge in [-0.1, -0.05) is 11.2 Å². The number of nitrogens with zero attached hydrogens (tertiary/aromatic N) is 4. The van der Waals surface area contributed by atoms with Crippen molar-refractivity contribution in [3.63, 3.8) is 0 Å². The Morgan fingerprint density at radius 2 is 2.00 bits per heavy atom. The van der Waals surface area contributed by atoms with Gasteiger partial charge in [-0.25, -0.2) is 0 Å². The van der Waals surface area contributed by atoms with E-state index in [0.717, 1.165) is 43.6 Å². The zero-order valence-electron chi connectivity index (χ0n) is 14.3. The summed E-state index contributed by atoms with van der Waals surface area (Å²) in [4.78, 5) is 9.41. The van der Waals surface area contributed by atoms with Gasteiger partial charge < -0.3 is 14.2 Å². The predicted octanol–water partition coefficient (Wildman–Crippen LogP) is 2.84. The summed E-state index contributed by atoms with van der Waals surface area (Å²) in [6.07, 6.45) is 2.40. The van der Waals surface area contributed by atoms with E-state index in [4.69, 9.17) is 9.26 Å². The van der Waals surface area contributed by atoms with E-state index in [9.17, 15) is 0 Å². The van der Waals surface area contributed by atoms with Crippen molar-refractivity contribution < 1.29 is 9.26 Å². The Morgan fingerprint density at radius 3 is 2.71 bits per heavy atom. The average Bonchev–Trinajstić information content (AvgIpc) is 3.38. The first-order valence-electron chi connectivity index (χ1n) is 8.71. The van der Waals surface area contributed by atoms with Crippen LogP contribution in [-0.2, 0) is 0 Å². The minimum Gasteiger partial charge on any atom is -0.497 e. The molecule has 1 aromatic heterocycles. The minimum atomic E-state index is 0.178. The average molecular weight is 328 g/mol. The lowest BCUT2D eigenvalue weighted by molar-refractivity contribution is 0.164. The molecule has 2 fully saturated rings. The van der Waals surface area contributed by atoms with Crippen molar-refractivity contribution in [3.8, 4) is 5.75 Å². The number of ether oxygens (including phenoxy) is 1. The molecule has 2 heterocycles. The van der Waals surface area contributed by atoms with Crippen LogP contribution >= 0.6 is 0 Å². The fourth-order valence-electron chi connectivity index (χ4n) is 3.26. The molecule has 0 bridgehead atoms. The van der Waals surface area contributed by atoms with E-state index < -0.39 is 0 Å². The Morgan fingerprint density at radius 1 is 1.21 bits per heavy atom. The maximum Gasteiger partial charge on any atom is 0.243 e. The molecule has 1 aliphatic heterocycles. The number of benzene rings is 1. The quantitative estimate of drug-likeness (QED) is 0.841. The van der Waals surface area contributed by atoms with Gasteiger partial charge in [-0.3, -0.25) is 4.90 Å². The summed E-state index contributed by atoms with van der Waals surface area (Å²) in [5.74, 6) is 3.10. The highest BCUT2D eigenvalue weighted by Crippen LogP contribution is 2.38. The molecule has 1 saturated carbocycles. The number of aromatic nitrogens is 2. The number of anilines is 1. The van der Waals surface area contributed by atoms with Gasteiger partial charge in [0.2, 0.25) is 5.89 Å². The van der Waals surface area contributed by atoms with E-state index >= 15 is 0 Å². The molecule has 0 radical (unpaired) electrons. The van der Waals surface area contributed by atoms with Crippen molar-refractivity contribution in [2.24, 2.45) is 0 Å². The van der Waals surface area contributed by atoms with Crippen LogP contribution in [0.4, 0.5) is 5.69 Å². The topological polar surface area (TPSA) is 54.6 Å². The van der Waals surface area contributed by atoms with Crippen molar-refractivity contribution in [2.45, 2.75) is 31.7 Å². The van der Waals surface area contributed by atoms with E-state index in [1.54, 1.807) is 7.11 Å². The number of rotatable bonds is 5. The third kappa shape index (κ3) is 3.11. The zero-order chi connectivity index (χ0) is 16.5. The molecule has 1 aliphatic carbocycles. The summed E-state index contributed by atoms with van der Waals surface area (Å²) in [5.41, 5.74) is 1.22. The van der Waals surface area contributed by atoms with Gasteiger partial charge in [0, 0.05) is 43.9 Å². The maximum absolute atomic E-state index is 5.49. The first kappa shape index (κ1) is 15.4. The second kappa shape index (κ2) is 6.43. The Kier molecular flexibility index (Phi) is 4.14. The van der Waals surface area contributed by atoms with Gasteiger partial charge in [0.15, 0.2) is 5.82 Å². The third-order valence-corrected chi connectivity index (χ3v) is 5.04. The Balaban J connectivity index is 1.37. The van der Waals surface area contributed by atoms with E-state index in [1.165, 1.54) is 18.5 Å². The Bertz CT molecular complexity index is 690. The standard InChI is InChI=1S/C18H24N4O2/c1-13(18-19-17(20-24-18)14-6-7-14)21-8-10-22(11-9-21)15-4-3-5-16(12-15)23-2/h3-5,12-14H,6-11H2,1-2H3/t13-/m1/s1. The summed E-state index contributed by atoms with van der Waals surface area (Å²) in [6.45, 7) is 6.10. The highest BCUT2D eigenvalue weighted by atomic mass is 16.5. The molecular formula is C18H24N4O2. The van der Waals surface area contributed by atoms with Crippen molar-refractivity contribution in [2.75, 3.05) is 38.2 Å². The smallest absolute Gasteiger partial charge is 0.243 e. The normalized spacial score (nSPS) is 20.2. The van der Waals surface area contributed by atoms with Crippen molar-refractivity contribution >= 4 is 5.69 Å². The van der Waals surface area contributed by atoms with Crippen LogP contribution in [0, 0.1) is 0 Å². The molecule has 4 rings (SSSR count). The molecule has 0 N–H and O–H groups in total. The van der Waals surface area contributed by atoms with Crippen LogP contribution in [0.3, 0.4) is 0 Å². The van der Waals surface area contributed by atoms with E-state index in [0.29, 0.717) is 5.92 Å². The molecular weight excluding hydrogens is 304 g/mol. The lowest BCUT2D eigenvalue weighted by atomic mass is 10.2. The molecule has 0 spiro atoms. The number of hydrogen-bond acceptors (Lipinski definition) is 6. The second-order valence-electron chi connectivity index (χ2n) is 6.67. The SMILES string of the molecule is COc1cccc(N2CCN([C@H](C)c3nc(C4CC4)no3)CC2)c1. The molecule has 1 atom stereocenters. The van der Waals surface area contributed by atoms with Crippen LogP contribution in [-0.4, -0.2) is 48.3 Å². The maximum atomic E-state index is 5.49. The minimum absolute atomic E-state index is 0.178. The summed E-state index contributed by atoms with van der Waals surface area (Å²) in [7, 11) is 1.71. The van der Waals surface area contributed by atoms with Crippen LogP contribution < -0.4 is 9.64 Å². The largest absolute Gasteiger partial charge is 0.497 e. The number of piperazine rings is 1. The molecule has 24 heavy (non-hydrogen) atoms. The Hall–Kier alpha value is -2.08. The van der Waals surface area contributed by atoms with Crippen LogP contribution in [0.1, 0.15) is 43.4 Å². The molecule has 1 aromatic carbocycles. The number of methoxy groups -OCH3 is 1. The molecule has 128 valence electrons. The van der Waals surface area contributed by atoms with Crippen LogP contribution in [0.5, 0.6) is 5.75 Å². The van der Waals surface area contributed by atoms with Crippen molar-refractivity contribution in [1.82, 2.24) is 15.0 Å². The van der Waals surface area contributed by atoms with Crippen molar-refractivity contribution in [3.05, 3.63) is 36.0 Å². The summed E-state index contributed by atoms with van der Waals surface area (Å²) >= 11 is 0. The third-order valence-electron chi connectivity index (χ3n) is 5.04. The fraction of sp³-hybridized carbons (Fsp3) is 0.556. The molecule has 1 saturated heterocycles. The van der Waals surface area contributed by atoms with Gasteiger partial charge in [-0.2, -0.15) is 4.98 Å². The lowest BCUT2D eigenvalue weighted by Gasteiger charge is -2.38. The van der Waals surface area contributed by atoms with Crippen molar-refractivity contribution in [1.29, 1.82) is 0 Å². The van der Waals surface area contributed by atoms with Crippen LogP contribution in [0.25, 0.3) is 0 Å². The zero-order valence-corrected chi connectivity index (χ0v) is 14.3. The molecule has 6 nitrogen and oxygen atoms in total. The highest BCUT2D eigenvalue weighted by molar-refractivity contribution is 5.51. The molecule has 2 aromatic rings. The molecule has 6 heteroatoms. The van der Waals surface area contributed by atoms with Crippen LogP contribution in [0.2, 0.25) is 0 Å². The van der Waals surface area contributed by atoms with Gasteiger partial charge in [0.05, 0.1) is 13.2 Å². The van der Waals surface area contributed by atoms with Gasteiger partial charge in [-0.15, -0.1) is 0 Å². The molecule has 0 unspecified atom stereocenters. The van der Waals surface area contributed by atoms with Gasteiger partial charge in [-0.05, 0) is 31.9 Å². The fourth-order valence-corrected chi connectivity index (χ4v) is 3.26. The van der Waals surface area contributed by atoms with Crippen LogP contribution in [0.15, 0.2) is 28.8 Å². The highest BCUT2D eigenvalue weighted by Gasteiger charge is 2.31. The molecule has 2 aliphatic rings. The monoisotopic (exact) mass is 328 g/mol. The summed E-state index contributed by atoms with van der Waals surface area (Å²) in [6, 6.07) is 8.44. The van der Waals surface area contributed by atoms with E-state index in [2.05, 4.69) is 39.0 Å².